The lowest BCUT2D eigenvalue weighted by atomic mass is 10.2. The largest absolute Gasteiger partial charge is 0.497 e. The number of allylic oxidation sites excluding steroid dienone is 2. The maximum atomic E-state index is 11.7. The van der Waals surface area contributed by atoms with Crippen molar-refractivity contribution in [1.82, 2.24) is 0 Å². The van der Waals surface area contributed by atoms with E-state index in [2.05, 4.69) is 0 Å². The summed E-state index contributed by atoms with van der Waals surface area (Å²) in [5.74, 6) is 0.165. The number of rotatable bonds is 4. The first-order valence-electron chi connectivity index (χ1n) is 5.08. The maximum Gasteiger partial charge on any atom is 0.343 e. The molecule has 1 rings (SSSR count). The van der Waals surface area contributed by atoms with Crippen LogP contribution in [0.1, 0.15) is 24.2 Å². The molecule has 0 N–H and O–H groups in total. The highest BCUT2D eigenvalue weighted by Gasteiger charge is 2.09. The van der Waals surface area contributed by atoms with E-state index in [0.29, 0.717) is 11.3 Å². The molecule has 0 radical (unpaired) electrons. The second-order valence-electron chi connectivity index (χ2n) is 3.49. The molecular formula is C13H14O4. The average Bonchev–Trinajstić information content (AvgIpc) is 2.27. The fraction of sp³-hybridized carbons (Fsp3) is 0.231. The molecule has 17 heavy (non-hydrogen) atoms. The van der Waals surface area contributed by atoms with Crippen LogP contribution in [-0.4, -0.2) is 18.9 Å². The van der Waals surface area contributed by atoms with E-state index >= 15 is 0 Å². The van der Waals surface area contributed by atoms with Gasteiger partial charge in [-0.2, -0.15) is 0 Å². The first-order valence-corrected chi connectivity index (χ1v) is 5.08. The Hall–Kier alpha value is -2.10. The smallest absolute Gasteiger partial charge is 0.343 e. The predicted molar refractivity (Wildman–Crippen MR) is 62.8 cm³/mol. The van der Waals surface area contributed by atoms with Crippen LogP contribution in [0.2, 0.25) is 0 Å². The second kappa shape index (κ2) is 5.84. The van der Waals surface area contributed by atoms with Gasteiger partial charge in [0.15, 0.2) is 5.78 Å². The van der Waals surface area contributed by atoms with Crippen LogP contribution in [0.5, 0.6) is 5.75 Å². The number of hydrogen-bond donors (Lipinski definition) is 0. The average molecular weight is 234 g/mol. The normalized spacial score (nSPS) is 10.9. The summed E-state index contributed by atoms with van der Waals surface area (Å²) in [6.45, 7) is 2.95. The van der Waals surface area contributed by atoms with Gasteiger partial charge in [-0.1, -0.05) is 6.07 Å². The van der Waals surface area contributed by atoms with Crippen molar-refractivity contribution in [3.63, 3.8) is 0 Å². The lowest BCUT2D eigenvalue weighted by Crippen LogP contribution is -2.04. The minimum absolute atomic E-state index is 0.166. The van der Waals surface area contributed by atoms with Crippen LogP contribution in [0.4, 0.5) is 0 Å². The van der Waals surface area contributed by atoms with Crippen LogP contribution in [0.25, 0.3) is 0 Å². The van der Waals surface area contributed by atoms with E-state index in [-0.39, 0.29) is 11.5 Å². The number of hydrogen-bond acceptors (Lipinski definition) is 4. The van der Waals surface area contributed by atoms with Gasteiger partial charge in [0.05, 0.1) is 12.7 Å². The summed E-state index contributed by atoms with van der Waals surface area (Å²) in [5, 5.41) is 0. The van der Waals surface area contributed by atoms with E-state index in [1.807, 2.05) is 0 Å². The monoisotopic (exact) mass is 234 g/mol. The van der Waals surface area contributed by atoms with Gasteiger partial charge in [0, 0.05) is 6.08 Å². The third-order valence-corrected chi connectivity index (χ3v) is 1.97. The van der Waals surface area contributed by atoms with E-state index in [1.165, 1.54) is 20.1 Å². The summed E-state index contributed by atoms with van der Waals surface area (Å²) in [6, 6.07) is 6.61. The van der Waals surface area contributed by atoms with Gasteiger partial charge in [-0.15, -0.1) is 0 Å². The standard InChI is InChI=1S/C13H14O4/c1-9(14)7-10(2)17-13(15)11-5-4-6-12(8-11)16-3/h4-8H,1-3H3/b10-7+. The number of ketones is 1. The van der Waals surface area contributed by atoms with Crippen molar-refractivity contribution in [3.05, 3.63) is 41.7 Å². The summed E-state index contributed by atoms with van der Waals surface area (Å²) in [7, 11) is 1.52. The minimum atomic E-state index is -0.515. The highest BCUT2D eigenvalue weighted by atomic mass is 16.5. The quantitative estimate of drug-likeness (QED) is 0.456. The van der Waals surface area contributed by atoms with Gasteiger partial charge in [0.25, 0.3) is 0 Å². The number of carbonyl (C=O) groups excluding carboxylic acids is 2. The summed E-state index contributed by atoms with van der Waals surface area (Å²) < 4.78 is 9.99. The topological polar surface area (TPSA) is 52.6 Å². The molecule has 0 bridgehead atoms. The van der Waals surface area contributed by atoms with Gasteiger partial charge in [0.2, 0.25) is 0 Å². The van der Waals surface area contributed by atoms with Crippen molar-refractivity contribution in [2.75, 3.05) is 7.11 Å². The van der Waals surface area contributed by atoms with E-state index in [4.69, 9.17) is 9.47 Å². The molecule has 0 saturated carbocycles. The maximum absolute atomic E-state index is 11.7. The molecule has 4 nitrogen and oxygen atoms in total. The Kier molecular flexibility index (Phi) is 4.46. The van der Waals surface area contributed by atoms with Crippen LogP contribution >= 0.6 is 0 Å². The SMILES string of the molecule is COc1cccc(C(=O)O/C(C)=C/C(C)=O)c1. The predicted octanol–water partition coefficient (Wildman–Crippen LogP) is 2.34. The van der Waals surface area contributed by atoms with Gasteiger partial charge in [-0.25, -0.2) is 4.79 Å². The van der Waals surface area contributed by atoms with Crippen molar-refractivity contribution in [2.24, 2.45) is 0 Å². The minimum Gasteiger partial charge on any atom is -0.497 e. The Balaban J connectivity index is 2.79. The summed E-state index contributed by atoms with van der Waals surface area (Å²) in [6.07, 6.45) is 1.26. The molecule has 0 heterocycles. The lowest BCUT2D eigenvalue weighted by Gasteiger charge is -2.05. The summed E-state index contributed by atoms with van der Waals surface area (Å²) in [4.78, 5) is 22.5. The van der Waals surface area contributed by atoms with Crippen molar-refractivity contribution in [3.8, 4) is 5.75 Å². The first kappa shape index (κ1) is 13.0. The molecule has 4 heteroatoms. The summed E-state index contributed by atoms with van der Waals surface area (Å²) in [5.41, 5.74) is 0.376. The second-order valence-corrected chi connectivity index (χ2v) is 3.49. The summed E-state index contributed by atoms with van der Waals surface area (Å²) >= 11 is 0. The highest BCUT2D eigenvalue weighted by molar-refractivity contribution is 5.92. The molecule has 0 atom stereocenters. The zero-order valence-electron chi connectivity index (χ0n) is 10.0. The van der Waals surface area contributed by atoms with Crippen molar-refractivity contribution >= 4 is 11.8 Å². The van der Waals surface area contributed by atoms with Crippen LogP contribution in [0.15, 0.2) is 36.1 Å². The molecular weight excluding hydrogens is 220 g/mol. The number of methoxy groups -OCH3 is 1. The molecule has 90 valence electrons. The van der Waals surface area contributed by atoms with Gasteiger partial charge >= 0.3 is 5.97 Å². The molecule has 1 aromatic rings. The molecule has 0 amide bonds. The van der Waals surface area contributed by atoms with Crippen LogP contribution in [0, 0.1) is 0 Å². The van der Waals surface area contributed by atoms with Gasteiger partial charge in [-0.05, 0) is 32.0 Å². The molecule has 1 aromatic carbocycles. The third-order valence-electron chi connectivity index (χ3n) is 1.97. The molecule has 0 saturated heterocycles. The van der Waals surface area contributed by atoms with Crippen molar-refractivity contribution in [2.45, 2.75) is 13.8 Å². The number of benzene rings is 1. The zero-order chi connectivity index (χ0) is 12.8. The Bertz CT molecular complexity index is 460. The number of esters is 1. The lowest BCUT2D eigenvalue weighted by molar-refractivity contribution is -0.112. The number of ether oxygens (including phenoxy) is 2. The van der Waals surface area contributed by atoms with Gasteiger partial charge in [-0.3, -0.25) is 4.79 Å². The molecule has 0 spiro atoms. The third kappa shape index (κ3) is 4.10. The Labute approximate surface area is 99.8 Å². The molecule has 0 aliphatic carbocycles. The van der Waals surface area contributed by atoms with E-state index in [1.54, 1.807) is 31.2 Å². The van der Waals surface area contributed by atoms with Crippen LogP contribution in [-0.2, 0) is 9.53 Å². The fourth-order valence-corrected chi connectivity index (χ4v) is 1.27. The Morgan fingerprint density at radius 1 is 1.24 bits per heavy atom. The van der Waals surface area contributed by atoms with Crippen molar-refractivity contribution in [1.29, 1.82) is 0 Å². The van der Waals surface area contributed by atoms with E-state index in [9.17, 15) is 9.59 Å². The molecule has 0 unspecified atom stereocenters. The Morgan fingerprint density at radius 3 is 2.53 bits per heavy atom. The Morgan fingerprint density at radius 2 is 1.94 bits per heavy atom. The molecule has 0 aromatic heterocycles. The fourth-order valence-electron chi connectivity index (χ4n) is 1.27. The number of carbonyl (C=O) groups is 2. The first-order chi connectivity index (χ1) is 8.02. The highest BCUT2D eigenvalue weighted by Crippen LogP contribution is 2.14. The zero-order valence-corrected chi connectivity index (χ0v) is 10.0. The molecule has 0 aliphatic rings. The van der Waals surface area contributed by atoms with E-state index < -0.39 is 5.97 Å². The van der Waals surface area contributed by atoms with Gasteiger partial charge in [0.1, 0.15) is 11.5 Å². The molecule has 0 aliphatic heterocycles. The van der Waals surface area contributed by atoms with Gasteiger partial charge < -0.3 is 9.47 Å². The molecule has 0 fully saturated rings. The van der Waals surface area contributed by atoms with Crippen molar-refractivity contribution < 1.29 is 19.1 Å². The van der Waals surface area contributed by atoms with Crippen LogP contribution < -0.4 is 4.74 Å². The van der Waals surface area contributed by atoms with Crippen LogP contribution in [0.3, 0.4) is 0 Å². The van der Waals surface area contributed by atoms with E-state index in [0.717, 1.165) is 0 Å².